The van der Waals surface area contributed by atoms with Crippen molar-refractivity contribution in [1.29, 1.82) is 0 Å². The fraction of sp³-hybridized carbons (Fsp3) is 0.700. The number of nitrogens with zero attached hydrogens (tertiary/aromatic N) is 2. The van der Waals surface area contributed by atoms with E-state index in [-0.39, 0.29) is 0 Å². The molecule has 3 heteroatoms. The van der Waals surface area contributed by atoms with Gasteiger partial charge in [0.2, 0.25) is 0 Å². The maximum atomic E-state index is 5.72. The van der Waals surface area contributed by atoms with Gasteiger partial charge in [0.25, 0.3) is 0 Å². The zero-order chi connectivity index (χ0) is 10.0. The van der Waals surface area contributed by atoms with E-state index in [0.29, 0.717) is 18.4 Å². The summed E-state index contributed by atoms with van der Waals surface area (Å²) in [5, 5.41) is 4.44. The Hall–Kier alpha value is -0.830. The monoisotopic (exact) mass is 181 g/mol. The van der Waals surface area contributed by atoms with Crippen LogP contribution >= 0.6 is 0 Å². The molecule has 1 rings (SSSR count). The molecule has 0 amide bonds. The molecule has 0 aliphatic carbocycles. The molecule has 1 atom stereocenters. The Bertz CT molecular complexity index is 256. The van der Waals surface area contributed by atoms with Crippen LogP contribution in [0.25, 0.3) is 0 Å². The SMILES string of the molecule is Cc1cc(C(CN)C(C)C)nn1C. The number of hydrogen-bond donors (Lipinski definition) is 1. The van der Waals surface area contributed by atoms with Crippen molar-refractivity contribution in [2.75, 3.05) is 6.54 Å². The summed E-state index contributed by atoms with van der Waals surface area (Å²) in [4.78, 5) is 0. The molecule has 74 valence electrons. The average molecular weight is 181 g/mol. The fourth-order valence-corrected chi connectivity index (χ4v) is 1.50. The van der Waals surface area contributed by atoms with Gasteiger partial charge in [-0.05, 0) is 18.9 Å². The molecule has 1 aromatic heterocycles. The Morgan fingerprint density at radius 2 is 2.15 bits per heavy atom. The summed E-state index contributed by atoms with van der Waals surface area (Å²) in [6, 6.07) is 2.12. The fourth-order valence-electron chi connectivity index (χ4n) is 1.50. The van der Waals surface area contributed by atoms with Crippen molar-refractivity contribution in [3.05, 3.63) is 17.5 Å². The zero-order valence-electron chi connectivity index (χ0n) is 8.91. The summed E-state index contributed by atoms with van der Waals surface area (Å²) in [6.45, 7) is 7.10. The number of aromatic nitrogens is 2. The van der Waals surface area contributed by atoms with E-state index in [1.807, 2.05) is 11.7 Å². The molecule has 13 heavy (non-hydrogen) atoms. The minimum atomic E-state index is 0.389. The lowest BCUT2D eigenvalue weighted by Gasteiger charge is -2.15. The van der Waals surface area contributed by atoms with Gasteiger partial charge in [0.1, 0.15) is 0 Å². The lowest BCUT2D eigenvalue weighted by Crippen LogP contribution is -2.18. The zero-order valence-corrected chi connectivity index (χ0v) is 8.91. The third kappa shape index (κ3) is 2.10. The normalized spacial score (nSPS) is 13.7. The third-order valence-corrected chi connectivity index (χ3v) is 2.57. The first kappa shape index (κ1) is 10.3. The van der Waals surface area contributed by atoms with Crippen molar-refractivity contribution in [2.45, 2.75) is 26.7 Å². The molecule has 0 spiro atoms. The van der Waals surface area contributed by atoms with E-state index in [2.05, 4.69) is 31.9 Å². The molecule has 0 saturated heterocycles. The molecule has 2 N–H and O–H groups in total. The van der Waals surface area contributed by atoms with Crippen molar-refractivity contribution in [2.24, 2.45) is 18.7 Å². The first-order valence-corrected chi connectivity index (χ1v) is 4.76. The van der Waals surface area contributed by atoms with E-state index < -0.39 is 0 Å². The molecule has 1 aromatic rings. The lowest BCUT2D eigenvalue weighted by atomic mass is 9.93. The van der Waals surface area contributed by atoms with E-state index in [4.69, 9.17) is 5.73 Å². The summed E-state index contributed by atoms with van der Waals surface area (Å²) < 4.78 is 1.90. The predicted molar refractivity (Wildman–Crippen MR) is 54.6 cm³/mol. The topological polar surface area (TPSA) is 43.8 Å². The third-order valence-electron chi connectivity index (χ3n) is 2.57. The van der Waals surface area contributed by atoms with Crippen LogP contribution in [0, 0.1) is 12.8 Å². The van der Waals surface area contributed by atoms with Crippen molar-refractivity contribution in [1.82, 2.24) is 9.78 Å². The molecule has 1 heterocycles. The summed E-state index contributed by atoms with van der Waals surface area (Å²) in [6.07, 6.45) is 0. The molecular weight excluding hydrogens is 162 g/mol. The second-order valence-corrected chi connectivity index (χ2v) is 3.92. The van der Waals surface area contributed by atoms with E-state index in [1.54, 1.807) is 0 Å². The van der Waals surface area contributed by atoms with Crippen molar-refractivity contribution < 1.29 is 0 Å². The van der Waals surface area contributed by atoms with Crippen molar-refractivity contribution in [3.63, 3.8) is 0 Å². The highest BCUT2D eigenvalue weighted by Crippen LogP contribution is 2.22. The highest BCUT2D eigenvalue weighted by molar-refractivity contribution is 5.14. The van der Waals surface area contributed by atoms with Gasteiger partial charge < -0.3 is 5.73 Å². The summed E-state index contributed by atoms with van der Waals surface area (Å²) in [5.74, 6) is 0.944. The Kier molecular flexibility index (Phi) is 3.09. The van der Waals surface area contributed by atoms with Crippen LogP contribution in [-0.2, 0) is 7.05 Å². The average Bonchev–Trinajstić information content (AvgIpc) is 2.32. The van der Waals surface area contributed by atoms with Gasteiger partial charge in [-0.2, -0.15) is 5.10 Å². The molecule has 3 nitrogen and oxygen atoms in total. The van der Waals surface area contributed by atoms with Gasteiger partial charge in [0, 0.05) is 25.2 Å². The van der Waals surface area contributed by atoms with Crippen LogP contribution in [0.1, 0.15) is 31.2 Å². The predicted octanol–water partition coefficient (Wildman–Crippen LogP) is 1.43. The molecule has 1 unspecified atom stereocenters. The number of rotatable bonds is 3. The number of hydrogen-bond acceptors (Lipinski definition) is 2. The maximum Gasteiger partial charge on any atom is 0.0673 e. The van der Waals surface area contributed by atoms with Gasteiger partial charge >= 0.3 is 0 Å². The van der Waals surface area contributed by atoms with Crippen LogP contribution in [0.4, 0.5) is 0 Å². The van der Waals surface area contributed by atoms with Crippen LogP contribution in [0.5, 0.6) is 0 Å². The summed E-state index contributed by atoms with van der Waals surface area (Å²) in [7, 11) is 1.97. The van der Waals surface area contributed by atoms with E-state index in [1.165, 1.54) is 5.69 Å². The quantitative estimate of drug-likeness (QED) is 0.766. The first-order chi connectivity index (χ1) is 6.06. The smallest absolute Gasteiger partial charge is 0.0673 e. The Morgan fingerprint density at radius 3 is 2.46 bits per heavy atom. The van der Waals surface area contributed by atoms with E-state index in [0.717, 1.165) is 5.69 Å². The standard InChI is InChI=1S/C10H19N3/c1-7(2)9(6-11)10-5-8(3)13(4)12-10/h5,7,9H,6,11H2,1-4H3. The summed E-state index contributed by atoms with van der Waals surface area (Å²) >= 11 is 0. The van der Waals surface area contributed by atoms with Crippen LogP contribution in [-0.4, -0.2) is 16.3 Å². The van der Waals surface area contributed by atoms with E-state index >= 15 is 0 Å². The molecular formula is C10H19N3. The lowest BCUT2D eigenvalue weighted by molar-refractivity contribution is 0.489. The highest BCUT2D eigenvalue weighted by Gasteiger charge is 2.17. The number of nitrogens with two attached hydrogens (primary N) is 1. The molecule has 0 saturated carbocycles. The maximum absolute atomic E-state index is 5.72. The Morgan fingerprint density at radius 1 is 1.54 bits per heavy atom. The van der Waals surface area contributed by atoms with Crippen LogP contribution in [0.2, 0.25) is 0 Å². The second-order valence-electron chi connectivity index (χ2n) is 3.92. The molecule has 0 fully saturated rings. The van der Waals surface area contributed by atoms with Crippen LogP contribution < -0.4 is 5.73 Å². The second kappa shape index (κ2) is 3.92. The van der Waals surface area contributed by atoms with Crippen molar-refractivity contribution >= 4 is 0 Å². The van der Waals surface area contributed by atoms with Crippen LogP contribution in [0.15, 0.2) is 6.07 Å². The van der Waals surface area contributed by atoms with Gasteiger partial charge in [-0.15, -0.1) is 0 Å². The first-order valence-electron chi connectivity index (χ1n) is 4.76. The molecule has 0 aliphatic rings. The molecule has 0 radical (unpaired) electrons. The highest BCUT2D eigenvalue weighted by atomic mass is 15.3. The summed E-state index contributed by atoms with van der Waals surface area (Å²) in [5.41, 5.74) is 8.03. The van der Waals surface area contributed by atoms with Gasteiger partial charge in [-0.3, -0.25) is 4.68 Å². The molecule has 0 bridgehead atoms. The Balaban J connectivity index is 2.92. The number of aryl methyl sites for hydroxylation is 2. The van der Waals surface area contributed by atoms with Gasteiger partial charge in [0.05, 0.1) is 5.69 Å². The molecule has 0 aliphatic heterocycles. The van der Waals surface area contributed by atoms with Crippen LogP contribution in [0.3, 0.4) is 0 Å². The van der Waals surface area contributed by atoms with Gasteiger partial charge in [-0.25, -0.2) is 0 Å². The largest absolute Gasteiger partial charge is 0.330 e. The minimum absolute atomic E-state index is 0.389. The van der Waals surface area contributed by atoms with E-state index in [9.17, 15) is 0 Å². The Labute approximate surface area is 79.9 Å². The molecule has 0 aromatic carbocycles. The van der Waals surface area contributed by atoms with Gasteiger partial charge in [-0.1, -0.05) is 13.8 Å². The minimum Gasteiger partial charge on any atom is -0.330 e. The van der Waals surface area contributed by atoms with Crippen molar-refractivity contribution in [3.8, 4) is 0 Å². The van der Waals surface area contributed by atoms with Gasteiger partial charge in [0.15, 0.2) is 0 Å².